The Morgan fingerprint density at radius 2 is 2.04 bits per heavy atom. The van der Waals surface area contributed by atoms with Gasteiger partial charge in [0.1, 0.15) is 12.7 Å². The standard InChI is InChI=1S/C18H22N4O3/c1-12-2-3-14(22-10-19-20-11-22)13(8-12)17(24)21-15-9-16(23)18(15)4-6-25-7-5-18/h2-3,8,10-11,15-16,23H,4-7,9H2,1H3,(H,21,24)/t15-,16-/m1/s1. The Hall–Kier alpha value is -2.25. The van der Waals surface area contributed by atoms with Crippen LogP contribution in [-0.2, 0) is 4.74 Å². The maximum absolute atomic E-state index is 13.0. The summed E-state index contributed by atoms with van der Waals surface area (Å²) < 4.78 is 7.16. The quantitative estimate of drug-likeness (QED) is 0.876. The number of aryl methyl sites for hydroxylation is 1. The van der Waals surface area contributed by atoms with Crippen molar-refractivity contribution < 1.29 is 14.6 Å². The number of carbonyl (C=O) groups is 1. The average molecular weight is 342 g/mol. The predicted octanol–water partition coefficient (Wildman–Crippen LogP) is 1.24. The summed E-state index contributed by atoms with van der Waals surface area (Å²) in [5, 5.41) is 21.1. The van der Waals surface area contributed by atoms with Crippen LogP contribution in [0, 0.1) is 12.3 Å². The third-order valence-electron chi connectivity index (χ3n) is 5.64. The molecule has 2 heterocycles. The molecule has 132 valence electrons. The summed E-state index contributed by atoms with van der Waals surface area (Å²) in [6.07, 6.45) is 4.95. The number of aromatic nitrogens is 3. The zero-order valence-corrected chi connectivity index (χ0v) is 14.2. The molecule has 2 fully saturated rings. The normalized spacial score (nSPS) is 24.7. The lowest BCUT2D eigenvalue weighted by Crippen LogP contribution is -2.65. The van der Waals surface area contributed by atoms with Crippen LogP contribution in [0.5, 0.6) is 0 Å². The van der Waals surface area contributed by atoms with E-state index in [0.717, 1.165) is 24.1 Å². The second-order valence-electron chi connectivity index (χ2n) is 7.01. The highest BCUT2D eigenvalue weighted by Gasteiger charge is 2.55. The number of rotatable bonds is 3. The molecule has 1 spiro atoms. The minimum absolute atomic E-state index is 0.0202. The fourth-order valence-electron chi connectivity index (χ4n) is 4.02. The molecule has 2 N–H and O–H groups in total. The van der Waals surface area contributed by atoms with Gasteiger partial charge in [0.05, 0.1) is 17.4 Å². The molecular formula is C18H22N4O3. The van der Waals surface area contributed by atoms with Crippen molar-refractivity contribution in [1.82, 2.24) is 20.1 Å². The van der Waals surface area contributed by atoms with E-state index < -0.39 is 0 Å². The predicted molar refractivity (Wildman–Crippen MR) is 90.5 cm³/mol. The minimum Gasteiger partial charge on any atom is -0.392 e. The highest BCUT2D eigenvalue weighted by molar-refractivity contribution is 5.98. The summed E-state index contributed by atoms with van der Waals surface area (Å²) in [6, 6.07) is 5.71. The molecule has 0 unspecified atom stereocenters. The fraction of sp³-hybridized carbons (Fsp3) is 0.500. The van der Waals surface area contributed by atoms with Gasteiger partial charge in [0.25, 0.3) is 5.91 Å². The van der Waals surface area contributed by atoms with Crippen molar-refractivity contribution in [2.24, 2.45) is 5.41 Å². The third kappa shape index (κ3) is 2.73. The first-order valence-corrected chi connectivity index (χ1v) is 8.62. The van der Waals surface area contributed by atoms with Crippen molar-refractivity contribution >= 4 is 5.91 Å². The third-order valence-corrected chi connectivity index (χ3v) is 5.64. The SMILES string of the molecule is Cc1ccc(-n2cnnc2)c(C(=O)N[C@@H]2C[C@@H](O)C23CCOCC3)c1. The molecule has 2 aromatic rings. The highest BCUT2D eigenvalue weighted by atomic mass is 16.5. The Labute approximate surface area is 146 Å². The molecule has 1 aromatic carbocycles. The van der Waals surface area contributed by atoms with Crippen molar-refractivity contribution in [2.75, 3.05) is 13.2 Å². The highest BCUT2D eigenvalue weighted by Crippen LogP contribution is 2.49. The number of carbonyl (C=O) groups excluding carboxylic acids is 1. The van der Waals surface area contributed by atoms with E-state index in [2.05, 4.69) is 15.5 Å². The van der Waals surface area contributed by atoms with E-state index in [4.69, 9.17) is 4.74 Å². The molecule has 7 nitrogen and oxygen atoms in total. The van der Waals surface area contributed by atoms with Crippen LogP contribution in [0.2, 0.25) is 0 Å². The average Bonchev–Trinajstić information content (AvgIpc) is 3.16. The molecular weight excluding hydrogens is 320 g/mol. The van der Waals surface area contributed by atoms with Crippen LogP contribution < -0.4 is 5.32 Å². The van der Waals surface area contributed by atoms with Crippen molar-refractivity contribution in [3.63, 3.8) is 0 Å². The molecule has 25 heavy (non-hydrogen) atoms. The maximum Gasteiger partial charge on any atom is 0.253 e. The Kier molecular flexibility index (Phi) is 4.05. The number of benzene rings is 1. The van der Waals surface area contributed by atoms with Crippen LogP contribution in [-0.4, -0.2) is 51.1 Å². The molecule has 1 amide bonds. The van der Waals surface area contributed by atoms with Gasteiger partial charge in [-0.15, -0.1) is 10.2 Å². The summed E-state index contributed by atoms with van der Waals surface area (Å²) in [5.41, 5.74) is 2.10. The topological polar surface area (TPSA) is 89.3 Å². The van der Waals surface area contributed by atoms with Crippen LogP contribution in [0.15, 0.2) is 30.9 Å². The van der Waals surface area contributed by atoms with Crippen LogP contribution in [0.3, 0.4) is 0 Å². The molecule has 2 aliphatic rings. The van der Waals surface area contributed by atoms with E-state index in [9.17, 15) is 9.90 Å². The number of amides is 1. The molecule has 0 radical (unpaired) electrons. The molecule has 2 atom stereocenters. The number of aliphatic hydroxyl groups excluding tert-OH is 1. The lowest BCUT2D eigenvalue weighted by molar-refractivity contribution is -0.145. The Morgan fingerprint density at radius 1 is 1.32 bits per heavy atom. The van der Waals surface area contributed by atoms with Crippen LogP contribution >= 0.6 is 0 Å². The first-order chi connectivity index (χ1) is 12.1. The summed E-state index contributed by atoms with van der Waals surface area (Å²) in [7, 11) is 0. The zero-order valence-electron chi connectivity index (χ0n) is 14.2. The molecule has 1 saturated heterocycles. The molecule has 1 aliphatic heterocycles. The molecule has 7 heteroatoms. The van der Waals surface area contributed by atoms with Crippen molar-refractivity contribution in [3.8, 4) is 5.69 Å². The van der Waals surface area contributed by atoms with Crippen molar-refractivity contribution in [2.45, 2.75) is 38.3 Å². The summed E-state index contributed by atoms with van der Waals surface area (Å²) in [4.78, 5) is 13.0. The summed E-state index contributed by atoms with van der Waals surface area (Å²) in [5.74, 6) is -0.129. The largest absolute Gasteiger partial charge is 0.392 e. The number of nitrogens with one attached hydrogen (secondary N) is 1. The first kappa shape index (κ1) is 16.2. The molecule has 1 saturated carbocycles. The van der Waals surface area contributed by atoms with Gasteiger partial charge in [-0.2, -0.15) is 0 Å². The van der Waals surface area contributed by atoms with Gasteiger partial charge >= 0.3 is 0 Å². The Balaban J connectivity index is 1.59. The van der Waals surface area contributed by atoms with Crippen LogP contribution in [0.25, 0.3) is 5.69 Å². The first-order valence-electron chi connectivity index (χ1n) is 8.62. The molecule has 1 aromatic heterocycles. The summed E-state index contributed by atoms with van der Waals surface area (Å²) >= 11 is 0. The minimum atomic E-state index is -0.364. The molecule has 4 rings (SSSR count). The Morgan fingerprint density at radius 3 is 2.72 bits per heavy atom. The lowest BCUT2D eigenvalue weighted by Gasteiger charge is -2.55. The van der Waals surface area contributed by atoms with Gasteiger partial charge < -0.3 is 15.2 Å². The number of nitrogens with zero attached hydrogens (tertiary/aromatic N) is 3. The maximum atomic E-state index is 13.0. The van der Waals surface area contributed by atoms with Crippen molar-refractivity contribution in [1.29, 1.82) is 0 Å². The van der Waals surface area contributed by atoms with E-state index in [-0.39, 0.29) is 23.5 Å². The second kappa shape index (κ2) is 6.24. The Bertz CT molecular complexity index is 769. The number of aliphatic hydroxyl groups is 1. The van der Waals surface area contributed by atoms with E-state index in [1.54, 1.807) is 17.2 Å². The number of ether oxygens (including phenoxy) is 1. The van der Waals surface area contributed by atoms with Gasteiger partial charge in [0.15, 0.2) is 0 Å². The van der Waals surface area contributed by atoms with Crippen molar-refractivity contribution in [3.05, 3.63) is 42.0 Å². The smallest absolute Gasteiger partial charge is 0.253 e. The van der Waals surface area contributed by atoms with E-state index >= 15 is 0 Å². The number of hydrogen-bond acceptors (Lipinski definition) is 5. The van der Waals surface area contributed by atoms with Crippen LogP contribution in [0.1, 0.15) is 35.2 Å². The van der Waals surface area contributed by atoms with Gasteiger partial charge in [-0.05, 0) is 38.3 Å². The monoisotopic (exact) mass is 342 g/mol. The second-order valence-corrected chi connectivity index (χ2v) is 7.01. The van der Waals surface area contributed by atoms with E-state index in [1.807, 2.05) is 25.1 Å². The number of hydrogen-bond donors (Lipinski definition) is 2. The van der Waals surface area contributed by atoms with E-state index in [0.29, 0.717) is 25.2 Å². The van der Waals surface area contributed by atoms with Crippen LogP contribution in [0.4, 0.5) is 0 Å². The van der Waals surface area contributed by atoms with E-state index in [1.165, 1.54) is 0 Å². The van der Waals surface area contributed by atoms with Gasteiger partial charge in [0, 0.05) is 24.7 Å². The van der Waals surface area contributed by atoms with Gasteiger partial charge in [0.2, 0.25) is 0 Å². The van der Waals surface area contributed by atoms with Gasteiger partial charge in [-0.3, -0.25) is 9.36 Å². The molecule has 1 aliphatic carbocycles. The fourth-order valence-corrected chi connectivity index (χ4v) is 4.02. The lowest BCUT2D eigenvalue weighted by atomic mass is 9.58. The summed E-state index contributed by atoms with van der Waals surface area (Å²) in [6.45, 7) is 3.24. The molecule has 0 bridgehead atoms. The van der Waals surface area contributed by atoms with Gasteiger partial charge in [-0.25, -0.2) is 0 Å². The zero-order chi connectivity index (χ0) is 17.4. The van der Waals surface area contributed by atoms with Gasteiger partial charge in [-0.1, -0.05) is 11.6 Å².